The van der Waals surface area contributed by atoms with Gasteiger partial charge in [0.2, 0.25) is 0 Å². The fraction of sp³-hybridized carbons (Fsp3) is 0.333. The molecule has 6 heteroatoms. The van der Waals surface area contributed by atoms with Crippen molar-refractivity contribution in [2.24, 2.45) is 0 Å². The molecule has 2 rings (SSSR count). The summed E-state index contributed by atoms with van der Waals surface area (Å²) in [4.78, 5) is 12.0. The second-order valence-electron chi connectivity index (χ2n) is 4.87. The molecule has 0 atom stereocenters. The predicted molar refractivity (Wildman–Crippen MR) is 80.2 cm³/mol. The Hall–Kier alpha value is -1.88. The summed E-state index contributed by atoms with van der Waals surface area (Å²) >= 11 is 5.85. The molecule has 0 aliphatic heterocycles. The molecule has 0 aliphatic rings. The van der Waals surface area contributed by atoms with Crippen molar-refractivity contribution in [3.05, 3.63) is 51.6 Å². The highest BCUT2D eigenvalue weighted by atomic mass is 35.5. The molecule has 4 nitrogen and oxygen atoms in total. The number of benzene rings is 1. The van der Waals surface area contributed by atoms with Crippen molar-refractivity contribution in [2.75, 3.05) is 6.54 Å². The third-order valence-corrected chi connectivity index (χ3v) is 3.86. The van der Waals surface area contributed by atoms with Gasteiger partial charge in [0.05, 0.1) is 22.8 Å². The predicted octanol–water partition coefficient (Wildman–Crippen LogP) is 3.03. The van der Waals surface area contributed by atoms with Crippen molar-refractivity contribution in [1.29, 1.82) is 0 Å². The molecule has 21 heavy (non-hydrogen) atoms. The fourth-order valence-corrected chi connectivity index (χ4v) is 2.33. The van der Waals surface area contributed by atoms with Gasteiger partial charge in [-0.05, 0) is 38.5 Å². The van der Waals surface area contributed by atoms with Crippen LogP contribution in [0.4, 0.5) is 4.39 Å². The topological polar surface area (TPSA) is 46.9 Å². The highest BCUT2D eigenvalue weighted by Gasteiger charge is 2.15. The van der Waals surface area contributed by atoms with E-state index in [1.54, 1.807) is 0 Å². The number of aryl methyl sites for hydroxylation is 1. The Morgan fingerprint density at radius 1 is 1.38 bits per heavy atom. The van der Waals surface area contributed by atoms with E-state index < -0.39 is 11.7 Å². The van der Waals surface area contributed by atoms with E-state index in [1.807, 2.05) is 25.5 Å². The van der Waals surface area contributed by atoms with E-state index in [4.69, 9.17) is 11.6 Å². The quantitative estimate of drug-likeness (QED) is 0.943. The van der Waals surface area contributed by atoms with E-state index in [-0.39, 0.29) is 10.6 Å². The van der Waals surface area contributed by atoms with Crippen molar-refractivity contribution >= 4 is 17.5 Å². The van der Waals surface area contributed by atoms with Crippen molar-refractivity contribution < 1.29 is 9.18 Å². The van der Waals surface area contributed by atoms with Crippen LogP contribution in [0.25, 0.3) is 0 Å². The average Bonchev–Trinajstić information content (AvgIpc) is 2.66. The molecule has 1 N–H and O–H groups in total. The van der Waals surface area contributed by atoms with E-state index >= 15 is 0 Å². The monoisotopic (exact) mass is 309 g/mol. The maximum Gasteiger partial charge on any atom is 0.255 e. The number of carbonyl (C=O) groups excluding carboxylic acids is 1. The van der Waals surface area contributed by atoms with Crippen LogP contribution < -0.4 is 5.32 Å². The minimum atomic E-state index is -0.623. The standard InChI is InChI=1S/C15H17ClFN3O/c1-9-10(2)19-20(11(9)3)8-7-18-15(21)14-12(16)5-4-6-13(14)17/h4-6H,7-8H2,1-3H3,(H,18,21). The molecule has 0 saturated heterocycles. The molecule has 1 aromatic heterocycles. The second kappa shape index (κ2) is 6.26. The Kier molecular flexibility index (Phi) is 4.63. The van der Waals surface area contributed by atoms with E-state index in [0.29, 0.717) is 13.1 Å². The molecule has 0 saturated carbocycles. The maximum atomic E-state index is 13.6. The molecule has 1 aromatic carbocycles. The minimum absolute atomic E-state index is 0.106. The molecule has 0 spiro atoms. The van der Waals surface area contributed by atoms with Crippen LogP contribution in [0, 0.1) is 26.6 Å². The Balaban J connectivity index is 2.00. The van der Waals surface area contributed by atoms with Crippen LogP contribution in [-0.4, -0.2) is 22.2 Å². The lowest BCUT2D eigenvalue weighted by Gasteiger charge is -2.09. The lowest BCUT2D eigenvalue weighted by molar-refractivity contribution is 0.0948. The number of halogens is 2. The van der Waals surface area contributed by atoms with Crippen LogP contribution in [-0.2, 0) is 6.54 Å². The van der Waals surface area contributed by atoms with Gasteiger partial charge in [-0.3, -0.25) is 9.48 Å². The van der Waals surface area contributed by atoms with Gasteiger partial charge in [-0.1, -0.05) is 17.7 Å². The summed E-state index contributed by atoms with van der Waals surface area (Å²) in [7, 11) is 0. The van der Waals surface area contributed by atoms with Gasteiger partial charge in [-0.15, -0.1) is 0 Å². The van der Waals surface area contributed by atoms with Gasteiger partial charge in [-0.25, -0.2) is 4.39 Å². The molecular formula is C15H17ClFN3O. The van der Waals surface area contributed by atoms with Crippen molar-refractivity contribution in [3.8, 4) is 0 Å². The normalized spacial score (nSPS) is 10.7. The van der Waals surface area contributed by atoms with Crippen LogP contribution in [0.3, 0.4) is 0 Å². The Bertz CT molecular complexity index is 662. The molecule has 0 radical (unpaired) electrons. The summed E-state index contributed by atoms with van der Waals surface area (Å²) in [5.74, 6) is -1.14. The molecule has 0 fully saturated rings. The highest BCUT2D eigenvalue weighted by molar-refractivity contribution is 6.33. The minimum Gasteiger partial charge on any atom is -0.350 e. The maximum absolute atomic E-state index is 13.6. The summed E-state index contributed by atoms with van der Waals surface area (Å²) in [5, 5.41) is 7.15. The van der Waals surface area contributed by atoms with Crippen LogP contribution in [0.2, 0.25) is 5.02 Å². The summed E-state index contributed by atoms with van der Waals surface area (Å²) in [5.41, 5.74) is 3.05. The zero-order valence-corrected chi connectivity index (χ0v) is 13.0. The Morgan fingerprint density at radius 2 is 2.10 bits per heavy atom. The van der Waals surface area contributed by atoms with E-state index in [1.165, 1.54) is 18.2 Å². The number of amides is 1. The number of nitrogens with one attached hydrogen (secondary N) is 1. The molecule has 0 bridgehead atoms. The Morgan fingerprint density at radius 3 is 2.67 bits per heavy atom. The average molecular weight is 310 g/mol. The summed E-state index contributed by atoms with van der Waals surface area (Å²) in [6.45, 7) is 6.80. The van der Waals surface area contributed by atoms with Crippen LogP contribution in [0.5, 0.6) is 0 Å². The highest BCUT2D eigenvalue weighted by Crippen LogP contribution is 2.18. The van der Waals surface area contributed by atoms with E-state index in [2.05, 4.69) is 10.4 Å². The number of carbonyl (C=O) groups is 1. The van der Waals surface area contributed by atoms with Gasteiger partial charge in [0.1, 0.15) is 5.82 Å². The molecule has 1 heterocycles. The van der Waals surface area contributed by atoms with Gasteiger partial charge in [0.25, 0.3) is 5.91 Å². The molecule has 2 aromatic rings. The first-order chi connectivity index (χ1) is 9.91. The number of nitrogens with zero attached hydrogens (tertiary/aromatic N) is 2. The first-order valence-electron chi connectivity index (χ1n) is 6.64. The SMILES string of the molecule is Cc1nn(CCNC(=O)c2c(F)cccc2Cl)c(C)c1C. The van der Waals surface area contributed by atoms with Crippen LogP contribution >= 0.6 is 11.6 Å². The number of hydrogen-bond acceptors (Lipinski definition) is 2. The molecule has 0 unspecified atom stereocenters. The number of rotatable bonds is 4. The van der Waals surface area contributed by atoms with Crippen LogP contribution in [0.1, 0.15) is 27.3 Å². The van der Waals surface area contributed by atoms with Crippen molar-refractivity contribution in [3.63, 3.8) is 0 Å². The van der Waals surface area contributed by atoms with Crippen molar-refractivity contribution in [2.45, 2.75) is 27.3 Å². The first-order valence-corrected chi connectivity index (χ1v) is 7.02. The third-order valence-electron chi connectivity index (χ3n) is 3.54. The number of hydrogen-bond donors (Lipinski definition) is 1. The summed E-state index contributed by atoms with van der Waals surface area (Å²) in [6.07, 6.45) is 0. The van der Waals surface area contributed by atoms with Gasteiger partial charge in [0.15, 0.2) is 0 Å². The molecule has 0 aliphatic carbocycles. The van der Waals surface area contributed by atoms with Crippen LogP contribution in [0.15, 0.2) is 18.2 Å². The third kappa shape index (κ3) is 3.24. The zero-order chi connectivity index (χ0) is 15.6. The summed E-state index contributed by atoms with van der Waals surface area (Å²) in [6, 6.07) is 4.17. The van der Waals surface area contributed by atoms with Crippen molar-refractivity contribution in [1.82, 2.24) is 15.1 Å². The number of aromatic nitrogens is 2. The Labute approximate surface area is 127 Å². The smallest absolute Gasteiger partial charge is 0.255 e. The second-order valence-corrected chi connectivity index (χ2v) is 5.28. The largest absolute Gasteiger partial charge is 0.350 e. The first kappa shape index (κ1) is 15.5. The van der Waals surface area contributed by atoms with Gasteiger partial charge in [0, 0.05) is 12.2 Å². The lowest BCUT2D eigenvalue weighted by Crippen LogP contribution is -2.28. The van der Waals surface area contributed by atoms with E-state index in [9.17, 15) is 9.18 Å². The fourth-order valence-electron chi connectivity index (χ4n) is 2.08. The molecule has 1 amide bonds. The zero-order valence-electron chi connectivity index (χ0n) is 12.2. The van der Waals surface area contributed by atoms with Gasteiger partial charge in [-0.2, -0.15) is 5.10 Å². The van der Waals surface area contributed by atoms with E-state index in [0.717, 1.165) is 17.0 Å². The summed E-state index contributed by atoms with van der Waals surface area (Å²) < 4.78 is 15.4. The molecular weight excluding hydrogens is 293 g/mol. The molecule has 112 valence electrons. The van der Waals surface area contributed by atoms with Gasteiger partial charge < -0.3 is 5.32 Å². The lowest BCUT2D eigenvalue weighted by atomic mass is 10.2. The van der Waals surface area contributed by atoms with Gasteiger partial charge >= 0.3 is 0 Å².